The lowest BCUT2D eigenvalue weighted by Gasteiger charge is -2.25. The number of halogens is 1. The molecule has 2 amide bonds. The number of carbonyl (C=O) groups is 2. The van der Waals surface area contributed by atoms with Gasteiger partial charge >= 0.3 is 0 Å². The molecule has 5 heteroatoms. The van der Waals surface area contributed by atoms with E-state index in [1.165, 1.54) is 17.9 Å². The predicted octanol–water partition coefficient (Wildman–Crippen LogP) is 3.93. The molecule has 0 unspecified atom stereocenters. The van der Waals surface area contributed by atoms with Crippen LogP contribution in [-0.2, 0) is 9.59 Å². The molecule has 2 rings (SSSR count). The fourth-order valence-electron chi connectivity index (χ4n) is 2.76. The number of hydrogen-bond acceptors (Lipinski definition) is 2. The summed E-state index contributed by atoms with van der Waals surface area (Å²) in [5.74, 6) is -0.872. The van der Waals surface area contributed by atoms with Crippen LogP contribution in [0, 0.1) is 12.7 Å². The zero-order chi connectivity index (χ0) is 18.4. The zero-order valence-corrected chi connectivity index (χ0v) is 14.8. The highest BCUT2D eigenvalue weighted by Crippen LogP contribution is 2.21. The van der Waals surface area contributed by atoms with Crippen molar-refractivity contribution in [1.29, 1.82) is 0 Å². The van der Waals surface area contributed by atoms with Crippen LogP contribution < -0.4 is 9.80 Å². The Bertz CT molecular complexity index is 761. The number of hydrogen-bond donors (Lipinski definition) is 0. The first kappa shape index (κ1) is 18.6. The van der Waals surface area contributed by atoms with Gasteiger partial charge < -0.3 is 9.80 Å². The second-order valence-corrected chi connectivity index (χ2v) is 5.85. The summed E-state index contributed by atoms with van der Waals surface area (Å²) in [4.78, 5) is 27.5. The van der Waals surface area contributed by atoms with Crippen LogP contribution in [0.15, 0.2) is 48.5 Å². The molecule has 0 atom stereocenters. The molecule has 2 aromatic carbocycles. The number of para-hydroxylation sites is 1. The van der Waals surface area contributed by atoms with Gasteiger partial charge in [0.15, 0.2) is 0 Å². The predicted molar refractivity (Wildman–Crippen MR) is 98.3 cm³/mol. The lowest BCUT2D eigenvalue weighted by molar-refractivity contribution is -0.118. The van der Waals surface area contributed by atoms with Crippen LogP contribution in [-0.4, -0.2) is 24.9 Å². The Morgan fingerprint density at radius 1 is 1.04 bits per heavy atom. The normalized spacial score (nSPS) is 10.4. The van der Waals surface area contributed by atoms with Crippen LogP contribution in [0.25, 0.3) is 0 Å². The average molecular weight is 342 g/mol. The van der Waals surface area contributed by atoms with E-state index in [0.717, 1.165) is 11.3 Å². The summed E-state index contributed by atoms with van der Waals surface area (Å²) >= 11 is 0. The van der Waals surface area contributed by atoms with Crippen molar-refractivity contribution < 1.29 is 14.0 Å². The molecule has 0 saturated carbocycles. The van der Waals surface area contributed by atoms with Gasteiger partial charge in [-0.25, -0.2) is 4.39 Å². The second kappa shape index (κ2) is 8.42. The second-order valence-electron chi connectivity index (χ2n) is 5.85. The maximum atomic E-state index is 14.0. The van der Waals surface area contributed by atoms with Crippen LogP contribution in [0.4, 0.5) is 15.8 Å². The summed E-state index contributed by atoms with van der Waals surface area (Å²) in [6.45, 7) is 5.91. The van der Waals surface area contributed by atoms with E-state index < -0.39 is 5.82 Å². The van der Waals surface area contributed by atoms with E-state index in [0.29, 0.717) is 6.54 Å². The minimum atomic E-state index is -0.476. The molecule has 0 N–H and O–H groups in total. The van der Waals surface area contributed by atoms with Crippen LogP contribution in [0.1, 0.15) is 25.8 Å². The van der Waals surface area contributed by atoms with Crippen molar-refractivity contribution in [1.82, 2.24) is 0 Å². The van der Waals surface area contributed by atoms with Gasteiger partial charge in [-0.15, -0.1) is 0 Å². The summed E-state index contributed by atoms with van der Waals surface area (Å²) in [6, 6.07) is 13.8. The van der Waals surface area contributed by atoms with Crippen molar-refractivity contribution in [3.8, 4) is 0 Å². The van der Waals surface area contributed by atoms with Gasteiger partial charge in [0, 0.05) is 32.1 Å². The van der Waals surface area contributed by atoms with Gasteiger partial charge in [-0.3, -0.25) is 9.59 Å². The number of carbonyl (C=O) groups excluding carboxylic acids is 2. The lowest BCUT2D eigenvalue weighted by Crippen LogP contribution is -2.36. The maximum absolute atomic E-state index is 14.0. The van der Waals surface area contributed by atoms with Gasteiger partial charge in [-0.05, 0) is 43.7 Å². The minimum Gasteiger partial charge on any atom is -0.313 e. The summed E-state index contributed by atoms with van der Waals surface area (Å²) < 4.78 is 14.0. The number of rotatable bonds is 6. The molecule has 0 heterocycles. The minimum absolute atomic E-state index is 0.101. The number of aryl methyl sites for hydroxylation is 1. The van der Waals surface area contributed by atoms with Crippen molar-refractivity contribution in [2.24, 2.45) is 0 Å². The Morgan fingerprint density at radius 3 is 2.36 bits per heavy atom. The Kier molecular flexibility index (Phi) is 6.28. The maximum Gasteiger partial charge on any atom is 0.228 e. The molecule has 25 heavy (non-hydrogen) atoms. The molecule has 2 aromatic rings. The van der Waals surface area contributed by atoms with E-state index in [-0.39, 0.29) is 30.5 Å². The Morgan fingerprint density at radius 2 is 1.76 bits per heavy atom. The topological polar surface area (TPSA) is 40.6 Å². The fraction of sp³-hybridized carbons (Fsp3) is 0.300. The summed E-state index contributed by atoms with van der Waals surface area (Å²) in [6.07, 6.45) is 0.121. The monoisotopic (exact) mass is 342 g/mol. The highest BCUT2D eigenvalue weighted by molar-refractivity contribution is 5.96. The van der Waals surface area contributed by atoms with E-state index in [4.69, 9.17) is 0 Å². The van der Waals surface area contributed by atoms with Gasteiger partial charge in [0.25, 0.3) is 0 Å². The third-order valence-corrected chi connectivity index (χ3v) is 4.00. The van der Waals surface area contributed by atoms with E-state index in [2.05, 4.69) is 0 Å². The van der Waals surface area contributed by atoms with Crippen LogP contribution in [0.5, 0.6) is 0 Å². The Labute approximate surface area is 147 Å². The van der Waals surface area contributed by atoms with Crippen molar-refractivity contribution in [3.63, 3.8) is 0 Å². The number of anilines is 2. The largest absolute Gasteiger partial charge is 0.313 e. The van der Waals surface area contributed by atoms with Gasteiger partial charge in [0.2, 0.25) is 11.8 Å². The van der Waals surface area contributed by atoms with Gasteiger partial charge in [0.1, 0.15) is 5.82 Å². The molecule has 0 saturated heterocycles. The number of amides is 2. The highest BCUT2D eigenvalue weighted by Gasteiger charge is 2.19. The van der Waals surface area contributed by atoms with E-state index >= 15 is 0 Å². The third-order valence-electron chi connectivity index (χ3n) is 4.00. The first-order valence-electron chi connectivity index (χ1n) is 8.33. The summed E-state index contributed by atoms with van der Waals surface area (Å²) in [5, 5.41) is 0. The lowest BCUT2D eigenvalue weighted by atomic mass is 10.2. The Balaban J connectivity index is 2.13. The molecule has 0 aliphatic heterocycles. The molecule has 0 aromatic heterocycles. The van der Waals surface area contributed by atoms with E-state index in [9.17, 15) is 14.0 Å². The van der Waals surface area contributed by atoms with Crippen molar-refractivity contribution in [3.05, 3.63) is 59.9 Å². The van der Waals surface area contributed by atoms with Gasteiger partial charge in [0.05, 0.1) is 5.69 Å². The summed E-state index contributed by atoms with van der Waals surface area (Å²) in [7, 11) is 0. The molecule has 0 radical (unpaired) electrons. The van der Waals surface area contributed by atoms with Crippen molar-refractivity contribution in [2.45, 2.75) is 27.2 Å². The fourth-order valence-corrected chi connectivity index (χ4v) is 2.76. The highest BCUT2D eigenvalue weighted by atomic mass is 19.1. The van der Waals surface area contributed by atoms with Crippen molar-refractivity contribution >= 4 is 23.2 Å². The van der Waals surface area contributed by atoms with E-state index in [1.54, 1.807) is 23.1 Å². The van der Waals surface area contributed by atoms with Crippen molar-refractivity contribution in [2.75, 3.05) is 22.9 Å². The Hall–Kier alpha value is -2.69. The number of benzene rings is 2. The molecule has 0 fully saturated rings. The number of nitrogens with zero attached hydrogens (tertiary/aromatic N) is 2. The van der Waals surface area contributed by atoms with Crippen LogP contribution >= 0.6 is 0 Å². The smallest absolute Gasteiger partial charge is 0.228 e. The zero-order valence-electron chi connectivity index (χ0n) is 14.8. The quantitative estimate of drug-likeness (QED) is 0.798. The molecular weight excluding hydrogens is 319 g/mol. The molecule has 0 spiro atoms. The van der Waals surface area contributed by atoms with Crippen LogP contribution in [0.3, 0.4) is 0 Å². The molecule has 132 valence electrons. The van der Waals surface area contributed by atoms with Crippen LogP contribution in [0.2, 0.25) is 0 Å². The average Bonchev–Trinajstić information content (AvgIpc) is 2.57. The first-order valence-corrected chi connectivity index (χ1v) is 8.33. The van der Waals surface area contributed by atoms with Gasteiger partial charge in [-0.1, -0.05) is 24.3 Å². The summed E-state index contributed by atoms with van der Waals surface area (Å²) in [5.41, 5.74) is 2.09. The molecule has 4 nitrogen and oxygen atoms in total. The third kappa shape index (κ3) is 4.66. The molecule has 0 bridgehead atoms. The molecular formula is C20H23FN2O2. The SMILES string of the molecule is CCN(C(=O)CCN(C(C)=O)c1ccccc1F)c1cccc(C)c1. The first-order chi connectivity index (χ1) is 11.9. The molecule has 0 aliphatic rings. The standard InChI is InChI=1S/C20H23FN2O2/c1-4-22(17-9-7-8-15(2)14-17)20(25)12-13-23(16(3)24)19-11-6-5-10-18(19)21/h5-11,14H,4,12-13H2,1-3H3. The van der Waals surface area contributed by atoms with E-state index in [1.807, 2.05) is 38.1 Å². The van der Waals surface area contributed by atoms with Gasteiger partial charge in [-0.2, -0.15) is 0 Å². The molecule has 0 aliphatic carbocycles.